The molecule has 0 radical (unpaired) electrons. The molecular weight excluding hydrogens is 324 g/mol. The molecule has 0 aliphatic rings. The van der Waals surface area contributed by atoms with E-state index >= 15 is 0 Å². The zero-order chi connectivity index (χ0) is 17.9. The average molecular weight is 336 g/mol. The predicted octanol–water partition coefficient (Wildman–Crippen LogP) is 1.15. The van der Waals surface area contributed by atoms with Crippen LogP contribution in [-0.4, -0.2) is 26.6 Å². The molecule has 10 nitrogen and oxygen atoms in total. The number of aliphatic hydroxyl groups excluding tert-OH is 1. The van der Waals surface area contributed by atoms with Gasteiger partial charge in [-0.1, -0.05) is 18.2 Å². The Morgan fingerprint density at radius 2 is 1.88 bits per heavy atom. The molecule has 1 aromatic carbocycles. The van der Waals surface area contributed by atoms with Gasteiger partial charge in [0.1, 0.15) is 18.3 Å². The van der Waals surface area contributed by atoms with Crippen LogP contribution in [0.25, 0.3) is 0 Å². The van der Waals surface area contributed by atoms with Crippen molar-refractivity contribution in [2.75, 3.05) is 6.54 Å². The summed E-state index contributed by atoms with van der Waals surface area (Å²) in [7, 11) is 0. The van der Waals surface area contributed by atoms with Crippen LogP contribution in [0.5, 0.6) is 5.75 Å². The molecule has 0 fully saturated rings. The third kappa shape index (κ3) is 3.38. The number of hydrogen-bond acceptors (Lipinski definition) is 8. The number of para-hydroxylation sites is 1. The first-order valence-electron chi connectivity index (χ1n) is 6.67. The molecule has 0 amide bonds. The Kier molecular flexibility index (Phi) is 4.90. The van der Waals surface area contributed by atoms with Crippen molar-refractivity contribution in [2.45, 2.75) is 12.5 Å². The third-order valence-electron chi connectivity index (χ3n) is 3.31. The molecule has 0 saturated carbocycles. The lowest BCUT2D eigenvalue weighted by Crippen LogP contribution is -2.18. The van der Waals surface area contributed by atoms with Crippen molar-refractivity contribution < 1.29 is 24.5 Å². The molecule has 126 valence electrons. The van der Waals surface area contributed by atoms with E-state index in [1.807, 2.05) is 0 Å². The van der Waals surface area contributed by atoms with Crippen LogP contribution in [0.3, 0.4) is 0 Å². The standard InChI is InChI=1S/C14H12N2O8/c17-7-8-5-12(18)13(19)14(24-8)10(6-15(20)21)9-3-1-2-4-11(9)16(22)23/h1-5,10,17,19H,6-7H2. The molecule has 2 aromatic rings. The Bertz CT molecular complexity index is 845. The fourth-order valence-electron chi connectivity index (χ4n) is 2.29. The molecule has 0 saturated heterocycles. The first-order chi connectivity index (χ1) is 11.3. The fourth-order valence-corrected chi connectivity index (χ4v) is 2.29. The number of hydrogen-bond donors (Lipinski definition) is 2. The molecular formula is C14H12N2O8. The summed E-state index contributed by atoms with van der Waals surface area (Å²) in [4.78, 5) is 32.4. The van der Waals surface area contributed by atoms with Gasteiger partial charge < -0.3 is 14.6 Å². The highest BCUT2D eigenvalue weighted by molar-refractivity contribution is 5.47. The molecule has 0 bridgehead atoms. The molecule has 2 rings (SSSR count). The highest BCUT2D eigenvalue weighted by Gasteiger charge is 2.32. The van der Waals surface area contributed by atoms with Crippen molar-refractivity contribution in [3.05, 3.63) is 77.9 Å². The average Bonchev–Trinajstić information content (AvgIpc) is 2.55. The summed E-state index contributed by atoms with van der Waals surface area (Å²) in [6, 6.07) is 6.07. The van der Waals surface area contributed by atoms with E-state index in [2.05, 4.69) is 0 Å². The normalized spacial score (nSPS) is 11.9. The number of nitro groups is 2. The molecule has 10 heteroatoms. The molecule has 1 heterocycles. The molecule has 0 aliphatic carbocycles. The van der Waals surface area contributed by atoms with Crippen molar-refractivity contribution in [2.24, 2.45) is 0 Å². The minimum atomic E-state index is -1.37. The van der Waals surface area contributed by atoms with Gasteiger partial charge >= 0.3 is 0 Å². The lowest BCUT2D eigenvalue weighted by atomic mass is 9.94. The van der Waals surface area contributed by atoms with E-state index in [1.165, 1.54) is 18.2 Å². The Labute approximate surface area is 133 Å². The maximum Gasteiger partial charge on any atom is 0.273 e. The summed E-state index contributed by atoms with van der Waals surface area (Å²) in [5.74, 6) is -2.99. The number of benzene rings is 1. The van der Waals surface area contributed by atoms with Gasteiger partial charge in [-0.2, -0.15) is 0 Å². The molecule has 1 atom stereocenters. The Morgan fingerprint density at radius 1 is 1.21 bits per heavy atom. The third-order valence-corrected chi connectivity index (χ3v) is 3.31. The van der Waals surface area contributed by atoms with Gasteiger partial charge in [0.15, 0.2) is 5.76 Å². The van der Waals surface area contributed by atoms with Gasteiger partial charge in [-0.15, -0.1) is 0 Å². The summed E-state index contributed by atoms with van der Waals surface area (Å²) in [6.45, 7) is -1.53. The van der Waals surface area contributed by atoms with E-state index in [-0.39, 0.29) is 11.3 Å². The van der Waals surface area contributed by atoms with Crippen LogP contribution >= 0.6 is 0 Å². The number of rotatable bonds is 6. The van der Waals surface area contributed by atoms with E-state index in [4.69, 9.17) is 9.52 Å². The van der Waals surface area contributed by atoms with Crippen LogP contribution < -0.4 is 5.43 Å². The summed E-state index contributed by atoms with van der Waals surface area (Å²) in [6.07, 6.45) is 0. The lowest BCUT2D eigenvalue weighted by Gasteiger charge is -2.14. The van der Waals surface area contributed by atoms with Crippen molar-refractivity contribution in [1.29, 1.82) is 0 Å². The van der Waals surface area contributed by atoms with Gasteiger partial charge in [0.05, 0.1) is 4.92 Å². The summed E-state index contributed by atoms with van der Waals surface area (Å²) in [5, 5.41) is 41.1. The maximum absolute atomic E-state index is 11.7. The lowest BCUT2D eigenvalue weighted by molar-refractivity contribution is -0.482. The van der Waals surface area contributed by atoms with Crippen molar-refractivity contribution in [1.82, 2.24) is 0 Å². The van der Waals surface area contributed by atoms with Gasteiger partial charge in [-0.3, -0.25) is 25.0 Å². The van der Waals surface area contributed by atoms with Crippen LogP contribution in [0.2, 0.25) is 0 Å². The van der Waals surface area contributed by atoms with Crippen LogP contribution in [0.15, 0.2) is 39.5 Å². The molecule has 1 unspecified atom stereocenters. The minimum absolute atomic E-state index is 0.0901. The van der Waals surface area contributed by atoms with Gasteiger partial charge in [-0.25, -0.2) is 0 Å². The van der Waals surface area contributed by atoms with Crippen molar-refractivity contribution >= 4 is 5.69 Å². The van der Waals surface area contributed by atoms with Crippen LogP contribution in [-0.2, 0) is 6.61 Å². The van der Waals surface area contributed by atoms with E-state index in [0.717, 1.165) is 12.1 Å². The van der Waals surface area contributed by atoms with Crippen LogP contribution in [0, 0.1) is 20.2 Å². The summed E-state index contributed by atoms with van der Waals surface area (Å²) in [5.41, 5.74) is -1.42. The van der Waals surface area contributed by atoms with E-state index in [0.29, 0.717) is 0 Å². The first kappa shape index (κ1) is 17.1. The monoisotopic (exact) mass is 336 g/mol. The Hall–Kier alpha value is -3.27. The molecule has 24 heavy (non-hydrogen) atoms. The van der Waals surface area contributed by atoms with E-state index in [9.17, 15) is 30.1 Å². The second kappa shape index (κ2) is 6.87. The zero-order valence-electron chi connectivity index (χ0n) is 12.1. The number of nitro benzene ring substituents is 1. The zero-order valence-corrected chi connectivity index (χ0v) is 12.1. The van der Waals surface area contributed by atoms with Crippen molar-refractivity contribution in [3.8, 4) is 5.75 Å². The molecule has 0 aliphatic heterocycles. The molecule has 1 aromatic heterocycles. The smallest absolute Gasteiger partial charge is 0.273 e. The van der Waals surface area contributed by atoms with Gasteiger partial charge in [-0.05, 0) is 0 Å². The Balaban J connectivity index is 2.72. The summed E-state index contributed by atoms with van der Waals surface area (Å²) < 4.78 is 5.16. The first-order valence-corrected chi connectivity index (χ1v) is 6.67. The van der Waals surface area contributed by atoms with Gasteiger partial charge in [0.25, 0.3) is 5.69 Å². The number of aliphatic hydroxyl groups is 1. The van der Waals surface area contributed by atoms with Crippen LogP contribution in [0.1, 0.15) is 23.0 Å². The van der Waals surface area contributed by atoms with Gasteiger partial charge in [0.2, 0.25) is 17.7 Å². The fraction of sp³-hybridized carbons (Fsp3) is 0.214. The quantitative estimate of drug-likeness (QED) is 0.587. The second-order valence-electron chi connectivity index (χ2n) is 4.83. The number of nitrogens with zero attached hydrogens (tertiary/aromatic N) is 2. The number of aromatic hydroxyl groups is 1. The molecule has 0 spiro atoms. The predicted molar refractivity (Wildman–Crippen MR) is 79.4 cm³/mol. The highest BCUT2D eigenvalue weighted by atomic mass is 16.6. The SMILES string of the molecule is O=c1cc(CO)oc(C(C[N+](=O)[O-])c2ccccc2[N+](=O)[O-])c1O. The summed E-state index contributed by atoms with van der Waals surface area (Å²) >= 11 is 0. The van der Waals surface area contributed by atoms with Gasteiger partial charge in [0, 0.05) is 22.6 Å². The van der Waals surface area contributed by atoms with Crippen molar-refractivity contribution in [3.63, 3.8) is 0 Å². The van der Waals surface area contributed by atoms with E-state index < -0.39 is 51.5 Å². The topological polar surface area (TPSA) is 157 Å². The Morgan fingerprint density at radius 3 is 2.46 bits per heavy atom. The van der Waals surface area contributed by atoms with Crippen LogP contribution in [0.4, 0.5) is 5.69 Å². The highest BCUT2D eigenvalue weighted by Crippen LogP contribution is 2.35. The largest absolute Gasteiger partial charge is 0.502 e. The maximum atomic E-state index is 11.7. The van der Waals surface area contributed by atoms with E-state index in [1.54, 1.807) is 0 Å². The second-order valence-corrected chi connectivity index (χ2v) is 4.83. The molecule has 2 N–H and O–H groups in total. The minimum Gasteiger partial charge on any atom is -0.502 e.